The van der Waals surface area contributed by atoms with E-state index in [-0.39, 0.29) is 24.3 Å². The Hall–Kier alpha value is -1.63. The number of carboxylic acid groups (broad SMARTS) is 1. The molecular weight excluding hydrogens is 250 g/mol. The van der Waals surface area contributed by atoms with Crippen molar-refractivity contribution in [3.8, 4) is 0 Å². The summed E-state index contributed by atoms with van der Waals surface area (Å²) < 4.78 is 0. The van der Waals surface area contributed by atoms with Crippen molar-refractivity contribution in [2.75, 3.05) is 39.3 Å². The number of piperazine rings is 1. The monoisotopic (exact) mass is 269 g/mol. The molecule has 7 nitrogen and oxygen atoms in total. The fourth-order valence-corrected chi connectivity index (χ4v) is 2.52. The number of carboxylic acids is 1. The molecule has 0 spiro atoms. The fraction of sp³-hybridized carbons (Fsp3) is 0.750. The highest BCUT2D eigenvalue weighted by Crippen LogP contribution is 2.15. The number of piperidine rings is 1. The van der Waals surface area contributed by atoms with Crippen LogP contribution >= 0.6 is 0 Å². The SMILES string of the molecule is O=C(O)CN1CCN(C(=O)C2CCC(=O)NC2)CC1. The van der Waals surface area contributed by atoms with Gasteiger partial charge in [-0.3, -0.25) is 19.3 Å². The molecule has 0 radical (unpaired) electrons. The number of hydrogen-bond donors (Lipinski definition) is 2. The molecule has 2 aliphatic heterocycles. The van der Waals surface area contributed by atoms with Crippen LogP contribution in [-0.2, 0) is 14.4 Å². The summed E-state index contributed by atoms with van der Waals surface area (Å²) in [5.41, 5.74) is 0. The maximum Gasteiger partial charge on any atom is 0.317 e. The Kier molecular flexibility index (Phi) is 4.36. The molecule has 19 heavy (non-hydrogen) atoms. The quantitative estimate of drug-likeness (QED) is 0.667. The molecule has 1 unspecified atom stereocenters. The average molecular weight is 269 g/mol. The number of carbonyl (C=O) groups is 3. The maximum atomic E-state index is 12.2. The van der Waals surface area contributed by atoms with Crippen LogP contribution in [0.3, 0.4) is 0 Å². The highest BCUT2D eigenvalue weighted by molar-refractivity contribution is 5.83. The lowest BCUT2D eigenvalue weighted by Gasteiger charge is -2.36. The largest absolute Gasteiger partial charge is 0.480 e. The minimum atomic E-state index is -0.838. The molecule has 0 aromatic rings. The predicted octanol–water partition coefficient (Wildman–Crippen LogP) is -1.26. The van der Waals surface area contributed by atoms with E-state index < -0.39 is 5.97 Å². The first-order valence-corrected chi connectivity index (χ1v) is 6.56. The highest BCUT2D eigenvalue weighted by atomic mass is 16.4. The minimum absolute atomic E-state index is 0.00956. The number of amides is 2. The summed E-state index contributed by atoms with van der Waals surface area (Å²) in [5.74, 6) is -0.871. The molecular formula is C12H19N3O4. The Bertz CT molecular complexity index is 367. The van der Waals surface area contributed by atoms with E-state index in [1.165, 1.54) is 0 Å². The maximum absolute atomic E-state index is 12.2. The lowest BCUT2D eigenvalue weighted by Crippen LogP contribution is -2.53. The van der Waals surface area contributed by atoms with Crippen LogP contribution in [0, 0.1) is 5.92 Å². The topological polar surface area (TPSA) is 90.0 Å². The summed E-state index contributed by atoms with van der Waals surface area (Å²) >= 11 is 0. The van der Waals surface area contributed by atoms with E-state index >= 15 is 0 Å². The summed E-state index contributed by atoms with van der Waals surface area (Å²) in [6, 6.07) is 0. The fourth-order valence-electron chi connectivity index (χ4n) is 2.52. The van der Waals surface area contributed by atoms with Gasteiger partial charge in [-0.25, -0.2) is 0 Å². The second-order valence-corrected chi connectivity index (χ2v) is 5.03. The van der Waals surface area contributed by atoms with E-state index in [0.717, 1.165) is 0 Å². The molecule has 0 saturated carbocycles. The van der Waals surface area contributed by atoms with Crippen LogP contribution in [0.15, 0.2) is 0 Å². The van der Waals surface area contributed by atoms with Crippen molar-refractivity contribution in [2.45, 2.75) is 12.8 Å². The summed E-state index contributed by atoms with van der Waals surface area (Å²) in [7, 11) is 0. The molecule has 0 aromatic heterocycles. The van der Waals surface area contributed by atoms with Crippen LogP contribution in [0.2, 0.25) is 0 Å². The third-order valence-electron chi connectivity index (χ3n) is 3.66. The van der Waals surface area contributed by atoms with Crippen molar-refractivity contribution in [3.63, 3.8) is 0 Å². The Labute approximate surface area is 111 Å². The van der Waals surface area contributed by atoms with Gasteiger partial charge in [0, 0.05) is 39.1 Å². The van der Waals surface area contributed by atoms with E-state index in [1.54, 1.807) is 4.90 Å². The van der Waals surface area contributed by atoms with E-state index in [4.69, 9.17) is 5.11 Å². The van der Waals surface area contributed by atoms with Crippen LogP contribution in [-0.4, -0.2) is 72.0 Å². The molecule has 1 atom stereocenters. The first-order valence-electron chi connectivity index (χ1n) is 6.56. The molecule has 2 saturated heterocycles. The van der Waals surface area contributed by atoms with Crippen LogP contribution in [0.4, 0.5) is 0 Å². The third-order valence-corrected chi connectivity index (χ3v) is 3.66. The van der Waals surface area contributed by atoms with Gasteiger partial charge in [0.05, 0.1) is 12.5 Å². The number of carbonyl (C=O) groups excluding carboxylic acids is 2. The molecule has 0 aliphatic carbocycles. The smallest absolute Gasteiger partial charge is 0.317 e. The van der Waals surface area contributed by atoms with Crippen LogP contribution in [0.25, 0.3) is 0 Å². The van der Waals surface area contributed by atoms with Gasteiger partial charge in [-0.2, -0.15) is 0 Å². The molecule has 2 fully saturated rings. The molecule has 0 bridgehead atoms. The van der Waals surface area contributed by atoms with E-state index in [0.29, 0.717) is 45.6 Å². The normalized spacial score (nSPS) is 24.9. The Morgan fingerprint density at radius 2 is 1.95 bits per heavy atom. The summed E-state index contributed by atoms with van der Waals surface area (Å²) in [5, 5.41) is 11.4. The minimum Gasteiger partial charge on any atom is -0.480 e. The lowest BCUT2D eigenvalue weighted by molar-refractivity contribution is -0.141. The number of nitrogens with one attached hydrogen (secondary N) is 1. The van der Waals surface area contributed by atoms with Crippen molar-refractivity contribution in [2.24, 2.45) is 5.92 Å². The average Bonchev–Trinajstić information content (AvgIpc) is 2.39. The van der Waals surface area contributed by atoms with Gasteiger partial charge < -0.3 is 15.3 Å². The summed E-state index contributed by atoms with van der Waals surface area (Å²) in [4.78, 5) is 37.5. The van der Waals surface area contributed by atoms with Gasteiger partial charge in [0.1, 0.15) is 0 Å². The zero-order chi connectivity index (χ0) is 13.8. The predicted molar refractivity (Wildman–Crippen MR) is 66.4 cm³/mol. The second-order valence-electron chi connectivity index (χ2n) is 5.03. The molecule has 2 N–H and O–H groups in total. The van der Waals surface area contributed by atoms with Crippen LogP contribution < -0.4 is 5.32 Å². The van der Waals surface area contributed by atoms with Gasteiger partial charge in [0.25, 0.3) is 0 Å². The molecule has 2 amide bonds. The van der Waals surface area contributed by atoms with Crippen LogP contribution in [0.1, 0.15) is 12.8 Å². The number of nitrogens with zero attached hydrogens (tertiary/aromatic N) is 2. The van der Waals surface area contributed by atoms with Gasteiger partial charge in [-0.05, 0) is 6.42 Å². The number of hydrogen-bond acceptors (Lipinski definition) is 4. The standard InChI is InChI=1S/C12H19N3O4/c16-10-2-1-9(7-13-10)12(19)15-5-3-14(4-6-15)8-11(17)18/h9H,1-8H2,(H,13,16)(H,17,18). The van der Waals surface area contributed by atoms with E-state index in [9.17, 15) is 14.4 Å². The van der Waals surface area contributed by atoms with Gasteiger partial charge in [0.2, 0.25) is 11.8 Å². The summed E-state index contributed by atoms with van der Waals surface area (Å²) in [6.45, 7) is 2.77. The van der Waals surface area contributed by atoms with Crippen molar-refractivity contribution in [3.05, 3.63) is 0 Å². The molecule has 7 heteroatoms. The van der Waals surface area contributed by atoms with Gasteiger partial charge in [0.15, 0.2) is 0 Å². The highest BCUT2D eigenvalue weighted by Gasteiger charge is 2.30. The van der Waals surface area contributed by atoms with Crippen molar-refractivity contribution in [1.29, 1.82) is 0 Å². The van der Waals surface area contributed by atoms with Crippen molar-refractivity contribution in [1.82, 2.24) is 15.1 Å². The van der Waals surface area contributed by atoms with Gasteiger partial charge >= 0.3 is 5.97 Å². The van der Waals surface area contributed by atoms with Crippen molar-refractivity contribution < 1.29 is 19.5 Å². The number of aliphatic carboxylic acids is 1. The molecule has 0 aromatic carbocycles. The van der Waals surface area contributed by atoms with Crippen molar-refractivity contribution >= 4 is 17.8 Å². The second kappa shape index (κ2) is 6.01. The number of rotatable bonds is 3. The third kappa shape index (κ3) is 3.66. The Morgan fingerprint density at radius 3 is 2.47 bits per heavy atom. The van der Waals surface area contributed by atoms with Gasteiger partial charge in [-0.15, -0.1) is 0 Å². The zero-order valence-electron chi connectivity index (χ0n) is 10.8. The van der Waals surface area contributed by atoms with E-state index in [1.807, 2.05) is 4.90 Å². The first kappa shape index (κ1) is 13.8. The van der Waals surface area contributed by atoms with Gasteiger partial charge in [-0.1, -0.05) is 0 Å². The molecule has 2 aliphatic rings. The molecule has 2 heterocycles. The Morgan fingerprint density at radius 1 is 1.26 bits per heavy atom. The lowest BCUT2D eigenvalue weighted by atomic mass is 9.97. The Balaban J connectivity index is 1.79. The van der Waals surface area contributed by atoms with Crippen LogP contribution in [0.5, 0.6) is 0 Å². The van der Waals surface area contributed by atoms with E-state index in [2.05, 4.69) is 5.32 Å². The summed E-state index contributed by atoms with van der Waals surface area (Å²) in [6.07, 6.45) is 1.02. The molecule has 106 valence electrons. The first-order chi connectivity index (χ1) is 9.06. The zero-order valence-corrected chi connectivity index (χ0v) is 10.8. The molecule has 2 rings (SSSR count).